The van der Waals surface area contributed by atoms with E-state index in [4.69, 9.17) is 5.73 Å². The third-order valence-electron chi connectivity index (χ3n) is 4.65. The van der Waals surface area contributed by atoms with Crippen LogP contribution in [0.25, 0.3) is 0 Å². The van der Waals surface area contributed by atoms with Gasteiger partial charge in [-0.25, -0.2) is 0 Å². The molecule has 1 aliphatic rings. The zero-order valence-corrected chi connectivity index (χ0v) is 14.8. The molecule has 0 amide bonds. The van der Waals surface area contributed by atoms with Gasteiger partial charge < -0.3 is 10.6 Å². The van der Waals surface area contributed by atoms with Gasteiger partial charge in [0.05, 0.1) is 0 Å². The van der Waals surface area contributed by atoms with Crippen molar-refractivity contribution in [1.29, 1.82) is 0 Å². The molecule has 1 fully saturated rings. The maximum atomic E-state index is 6.32. The molecule has 0 saturated carbocycles. The minimum Gasteiger partial charge on any atom is -0.324 e. The van der Waals surface area contributed by atoms with E-state index in [1.54, 1.807) is 0 Å². The first kappa shape index (κ1) is 16.9. The highest BCUT2D eigenvalue weighted by molar-refractivity contribution is 9.10. The number of nitrogens with two attached hydrogens (primary N) is 1. The van der Waals surface area contributed by atoms with Crippen molar-refractivity contribution in [2.24, 2.45) is 5.73 Å². The maximum absolute atomic E-state index is 6.32. The molecule has 1 saturated heterocycles. The van der Waals surface area contributed by atoms with Gasteiger partial charge >= 0.3 is 0 Å². The van der Waals surface area contributed by atoms with Crippen molar-refractivity contribution in [3.63, 3.8) is 0 Å². The summed E-state index contributed by atoms with van der Waals surface area (Å²) in [5.74, 6) is 0. The summed E-state index contributed by atoms with van der Waals surface area (Å²) in [7, 11) is 0. The van der Waals surface area contributed by atoms with Crippen LogP contribution in [0.1, 0.15) is 38.3 Å². The molecule has 0 bridgehead atoms. The molecule has 1 aromatic carbocycles. The van der Waals surface area contributed by atoms with Crippen molar-refractivity contribution in [3.05, 3.63) is 34.3 Å². The number of hydrogen-bond donors (Lipinski definition) is 1. The molecule has 118 valence electrons. The largest absolute Gasteiger partial charge is 0.324 e. The topological polar surface area (TPSA) is 32.5 Å². The van der Waals surface area contributed by atoms with Crippen LogP contribution in [-0.4, -0.2) is 48.6 Å². The van der Waals surface area contributed by atoms with Gasteiger partial charge in [0.15, 0.2) is 0 Å². The van der Waals surface area contributed by atoms with E-state index in [2.05, 4.69) is 57.8 Å². The summed E-state index contributed by atoms with van der Waals surface area (Å²) in [6.45, 7) is 10.4. The summed E-state index contributed by atoms with van der Waals surface area (Å²) in [5.41, 5.74) is 7.54. The lowest BCUT2D eigenvalue weighted by Gasteiger charge is -2.38. The highest BCUT2D eigenvalue weighted by Gasteiger charge is 2.20. The van der Waals surface area contributed by atoms with Crippen molar-refractivity contribution in [2.75, 3.05) is 32.7 Å². The average Bonchev–Trinajstić information content (AvgIpc) is 2.52. The number of hydrogen-bond acceptors (Lipinski definition) is 3. The predicted molar refractivity (Wildman–Crippen MR) is 93.5 cm³/mol. The molecule has 2 atom stereocenters. The Morgan fingerprint density at radius 1 is 1.24 bits per heavy atom. The van der Waals surface area contributed by atoms with E-state index in [9.17, 15) is 0 Å². The van der Waals surface area contributed by atoms with Gasteiger partial charge in [0.2, 0.25) is 0 Å². The van der Waals surface area contributed by atoms with Crippen LogP contribution in [0.5, 0.6) is 0 Å². The summed E-state index contributed by atoms with van der Waals surface area (Å²) in [6, 6.07) is 9.21. The average molecular weight is 354 g/mol. The standard InChI is InChI=1S/C17H28BrN3/c1-3-14(2)21-11-9-20(10-12-21)8-7-17(19)15-5-4-6-16(18)13-15/h4-6,13-14,17H,3,7-12,19H2,1-2H3. The van der Waals surface area contributed by atoms with Gasteiger partial charge in [-0.15, -0.1) is 0 Å². The minimum atomic E-state index is 0.134. The molecule has 2 N–H and O–H groups in total. The Morgan fingerprint density at radius 2 is 1.95 bits per heavy atom. The number of halogens is 1. The van der Waals surface area contributed by atoms with Crippen LogP contribution in [0.15, 0.2) is 28.7 Å². The lowest BCUT2D eigenvalue weighted by molar-refractivity contribution is 0.0987. The molecule has 2 rings (SSSR count). The van der Waals surface area contributed by atoms with E-state index in [1.165, 1.54) is 38.2 Å². The normalized spacial score (nSPS) is 20.4. The summed E-state index contributed by atoms with van der Waals surface area (Å²) >= 11 is 3.51. The Hall–Kier alpha value is -0.420. The molecule has 0 radical (unpaired) electrons. The quantitative estimate of drug-likeness (QED) is 0.851. The Kier molecular flexibility index (Phi) is 6.68. The van der Waals surface area contributed by atoms with Crippen molar-refractivity contribution in [2.45, 2.75) is 38.8 Å². The molecule has 0 aliphatic carbocycles. The van der Waals surface area contributed by atoms with Crippen molar-refractivity contribution in [3.8, 4) is 0 Å². The first-order valence-corrected chi connectivity index (χ1v) is 8.87. The Labute approximate surface area is 137 Å². The van der Waals surface area contributed by atoms with Gasteiger partial charge in [-0.3, -0.25) is 4.90 Å². The second-order valence-electron chi connectivity index (χ2n) is 6.09. The van der Waals surface area contributed by atoms with Gasteiger partial charge in [-0.1, -0.05) is 35.0 Å². The summed E-state index contributed by atoms with van der Waals surface area (Å²) in [6.07, 6.45) is 2.27. The Balaban J connectivity index is 1.74. The van der Waals surface area contributed by atoms with Crippen LogP contribution >= 0.6 is 15.9 Å². The van der Waals surface area contributed by atoms with Gasteiger partial charge in [-0.2, -0.15) is 0 Å². The molecule has 1 aliphatic heterocycles. The van der Waals surface area contributed by atoms with E-state index in [0.717, 1.165) is 23.5 Å². The van der Waals surface area contributed by atoms with E-state index in [0.29, 0.717) is 0 Å². The fraction of sp³-hybridized carbons (Fsp3) is 0.647. The van der Waals surface area contributed by atoms with E-state index >= 15 is 0 Å². The minimum absolute atomic E-state index is 0.134. The number of benzene rings is 1. The predicted octanol–water partition coefficient (Wildman–Crippen LogP) is 3.26. The number of nitrogens with zero attached hydrogens (tertiary/aromatic N) is 2. The van der Waals surface area contributed by atoms with Crippen LogP contribution in [-0.2, 0) is 0 Å². The zero-order chi connectivity index (χ0) is 15.2. The molecular weight excluding hydrogens is 326 g/mol. The summed E-state index contributed by atoms with van der Waals surface area (Å²) < 4.78 is 1.11. The third kappa shape index (κ3) is 5.06. The maximum Gasteiger partial charge on any atom is 0.0307 e. The second-order valence-corrected chi connectivity index (χ2v) is 7.00. The molecule has 3 nitrogen and oxygen atoms in total. The highest BCUT2D eigenvalue weighted by atomic mass is 79.9. The fourth-order valence-corrected chi connectivity index (χ4v) is 3.33. The Bertz CT molecular complexity index is 430. The SMILES string of the molecule is CCC(C)N1CCN(CCC(N)c2cccc(Br)c2)CC1. The molecule has 1 aromatic rings. The molecule has 21 heavy (non-hydrogen) atoms. The lowest BCUT2D eigenvalue weighted by atomic mass is 10.0. The first-order valence-electron chi connectivity index (χ1n) is 8.07. The van der Waals surface area contributed by atoms with Crippen molar-refractivity contribution < 1.29 is 0 Å². The number of piperazine rings is 1. The van der Waals surface area contributed by atoms with Crippen LogP contribution in [0.3, 0.4) is 0 Å². The second kappa shape index (κ2) is 8.28. The van der Waals surface area contributed by atoms with E-state index < -0.39 is 0 Å². The molecule has 4 heteroatoms. The van der Waals surface area contributed by atoms with Crippen molar-refractivity contribution in [1.82, 2.24) is 9.80 Å². The van der Waals surface area contributed by atoms with E-state index in [-0.39, 0.29) is 6.04 Å². The van der Waals surface area contributed by atoms with E-state index in [1.807, 2.05) is 6.07 Å². The number of rotatable bonds is 6. The summed E-state index contributed by atoms with van der Waals surface area (Å²) in [4.78, 5) is 5.15. The van der Waals surface area contributed by atoms with Crippen LogP contribution in [0, 0.1) is 0 Å². The van der Waals surface area contributed by atoms with Gasteiger partial charge in [0, 0.05) is 49.3 Å². The lowest BCUT2D eigenvalue weighted by Crippen LogP contribution is -2.49. The van der Waals surface area contributed by atoms with Gasteiger partial charge in [0.25, 0.3) is 0 Å². The molecule has 1 heterocycles. The van der Waals surface area contributed by atoms with Gasteiger partial charge in [0.1, 0.15) is 0 Å². The Morgan fingerprint density at radius 3 is 2.57 bits per heavy atom. The molecular formula is C17H28BrN3. The summed E-state index contributed by atoms with van der Waals surface area (Å²) in [5, 5.41) is 0. The van der Waals surface area contributed by atoms with Crippen LogP contribution < -0.4 is 5.73 Å². The van der Waals surface area contributed by atoms with Gasteiger partial charge in [-0.05, 0) is 37.5 Å². The van der Waals surface area contributed by atoms with Crippen molar-refractivity contribution >= 4 is 15.9 Å². The molecule has 2 unspecified atom stereocenters. The first-order chi connectivity index (χ1) is 10.1. The molecule has 0 aromatic heterocycles. The molecule has 0 spiro atoms. The zero-order valence-electron chi connectivity index (χ0n) is 13.3. The smallest absolute Gasteiger partial charge is 0.0307 e. The fourth-order valence-electron chi connectivity index (χ4n) is 2.91. The van der Waals surface area contributed by atoms with Crippen LogP contribution in [0.4, 0.5) is 0 Å². The third-order valence-corrected chi connectivity index (χ3v) is 5.15. The monoisotopic (exact) mass is 353 g/mol. The van der Waals surface area contributed by atoms with Crippen LogP contribution in [0.2, 0.25) is 0 Å². The highest BCUT2D eigenvalue weighted by Crippen LogP contribution is 2.19.